The molecule has 0 saturated carbocycles. The van der Waals surface area contributed by atoms with Gasteiger partial charge in [0.25, 0.3) is 0 Å². The molecule has 22 heavy (non-hydrogen) atoms. The van der Waals surface area contributed by atoms with E-state index in [2.05, 4.69) is 13.8 Å². The molecule has 1 aliphatic rings. The molecule has 1 saturated heterocycles. The maximum absolute atomic E-state index is 12.6. The van der Waals surface area contributed by atoms with Gasteiger partial charge >= 0.3 is 5.97 Å². The minimum absolute atomic E-state index is 0.176. The van der Waals surface area contributed by atoms with Gasteiger partial charge in [-0.1, -0.05) is 26.0 Å². The Morgan fingerprint density at radius 2 is 1.86 bits per heavy atom. The Labute approximate surface area is 132 Å². The molecule has 1 aliphatic heterocycles. The molecule has 1 aromatic carbocycles. The van der Waals surface area contributed by atoms with Crippen LogP contribution in [0, 0.1) is 0 Å². The van der Waals surface area contributed by atoms with Gasteiger partial charge in [0.1, 0.15) is 6.04 Å². The van der Waals surface area contributed by atoms with E-state index in [-0.39, 0.29) is 11.4 Å². The van der Waals surface area contributed by atoms with Crippen LogP contribution in [0.15, 0.2) is 29.2 Å². The number of sulfonamides is 1. The van der Waals surface area contributed by atoms with E-state index < -0.39 is 22.0 Å². The average Bonchev–Trinajstić information content (AvgIpc) is 2.99. The molecule has 0 aliphatic carbocycles. The van der Waals surface area contributed by atoms with Crippen LogP contribution in [0.3, 0.4) is 0 Å². The van der Waals surface area contributed by atoms with E-state index in [1.54, 1.807) is 12.1 Å². The summed E-state index contributed by atoms with van der Waals surface area (Å²) in [5.74, 6) is -0.648. The zero-order valence-corrected chi connectivity index (χ0v) is 13.8. The molecule has 1 heterocycles. The van der Waals surface area contributed by atoms with Gasteiger partial charge in [0.15, 0.2) is 0 Å². The topological polar surface area (TPSA) is 74.7 Å². The highest BCUT2D eigenvalue weighted by Crippen LogP contribution is 2.28. The number of carboxylic acids is 1. The number of aliphatic carboxylic acids is 1. The summed E-state index contributed by atoms with van der Waals surface area (Å²) in [7, 11) is -3.74. The molecule has 5 nitrogen and oxygen atoms in total. The molecule has 0 amide bonds. The van der Waals surface area contributed by atoms with Gasteiger partial charge in [0, 0.05) is 6.54 Å². The second kappa shape index (κ2) is 6.79. The summed E-state index contributed by atoms with van der Waals surface area (Å²) in [6.45, 7) is 4.49. The first-order valence-electron chi connectivity index (χ1n) is 7.76. The van der Waals surface area contributed by atoms with Gasteiger partial charge in [-0.25, -0.2) is 8.42 Å². The lowest BCUT2D eigenvalue weighted by Gasteiger charge is -2.21. The first-order valence-corrected chi connectivity index (χ1v) is 9.20. The first kappa shape index (κ1) is 17.0. The summed E-state index contributed by atoms with van der Waals surface area (Å²) in [5, 5.41) is 9.17. The van der Waals surface area contributed by atoms with Crippen molar-refractivity contribution in [1.82, 2.24) is 4.31 Å². The Balaban J connectivity index is 2.28. The molecular weight excluding hydrogens is 302 g/mol. The highest BCUT2D eigenvalue weighted by atomic mass is 32.2. The molecule has 1 atom stereocenters. The van der Waals surface area contributed by atoms with Gasteiger partial charge in [-0.15, -0.1) is 0 Å². The van der Waals surface area contributed by atoms with Crippen molar-refractivity contribution in [2.45, 2.75) is 56.4 Å². The number of hydrogen-bond donors (Lipinski definition) is 1. The summed E-state index contributed by atoms with van der Waals surface area (Å²) in [6, 6.07) is 5.94. The normalized spacial score (nSPS) is 19.7. The molecule has 122 valence electrons. The summed E-state index contributed by atoms with van der Waals surface area (Å²) < 4.78 is 26.4. The van der Waals surface area contributed by atoms with Crippen LogP contribution in [-0.4, -0.2) is 36.4 Å². The van der Waals surface area contributed by atoms with Crippen molar-refractivity contribution in [1.29, 1.82) is 0 Å². The van der Waals surface area contributed by atoms with Gasteiger partial charge in [-0.3, -0.25) is 4.79 Å². The smallest absolute Gasteiger partial charge is 0.322 e. The molecule has 0 bridgehead atoms. The Morgan fingerprint density at radius 1 is 1.27 bits per heavy atom. The van der Waals surface area contributed by atoms with Gasteiger partial charge in [-0.05, 0) is 49.3 Å². The molecule has 0 radical (unpaired) electrons. The molecule has 1 fully saturated rings. The Morgan fingerprint density at radius 3 is 2.36 bits per heavy atom. The predicted molar refractivity (Wildman–Crippen MR) is 84.3 cm³/mol. The largest absolute Gasteiger partial charge is 0.480 e. The van der Waals surface area contributed by atoms with Crippen molar-refractivity contribution >= 4 is 16.0 Å². The van der Waals surface area contributed by atoms with Gasteiger partial charge in [0.05, 0.1) is 4.90 Å². The number of hydrogen-bond acceptors (Lipinski definition) is 3. The van der Waals surface area contributed by atoms with E-state index in [1.165, 1.54) is 0 Å². The summed E-state index contributed by atoms with van der Waals surface area (Å²) >= 11 is 0. The molecule has 1 N–H and O–H groups in total. The van der Waals surface area contributed by atoms with E-state index in [1.807, 2.05) is 12.1 Å². The number of nitrogens with zero attached hydrogens (tertiary/aromatic N) is 1. The fourth-order valence-corrected chi connectivity index (χ4v) is 4.73. The number of carbonyl (C=O) groups is 1. The molecule has 0 spiro atoms. The number of carboxylic acid groups (broad SMARTS) is 1. The van der Waals surface area contributed by atoms with E-state index in [0.29, 0.717) is 18.8 Å². The Kier molecular flexibility index (Phi) is 5.24. The third-order valence-electron chi connectivity index (χ3n) is 4.43. The summed E-state index contributed by atoms with van der Waals surface area (Å²) in [4.78, 5) is 11.4. The first-order chi connectivity index (χ1) is 10.4. The van der Waals surface area contributed by atoms with Crippen molar-refractivity contribution in [3.8, 4) is 0 Å². The number of rotatable bonds is 6. The van der Waals surface area contributed by atoms with Gasteiger partial charge < -0.3 is 5.11 Å². The van der Waals surface area contributed by atoms with E-state index in [0.717, 1.165) is 22.7 Å². The van der Waals surface area contributed by atoms with Crippen LogP contribution in [0.5, 0.6) is 0 Å². The van der Waals surface area contributed by atoms with Crippen LogP contribution in [0.2, 0.25) is 0 Å². The molecular formula is C16H23NO4S. The summed E-state index contributed by atoms with van der Waals surface area (Å²) in [5.41, 5.74) is 1.13. The minimum Gasteiger partial charge on any atom is -0.480 e. The van der Waals surface area contributed by atoms with Gasteiger partial charge in [0.2, 0.25) is 10.0 Å². The fourth-order valence-electron chi connectivity index (χ4n) is 3.08. The van der Waals surface area contributed by atoms with E-state index in [4.69, 9.17) is 5.11 Å². The SMILES string of the molecule is CCC(CC)c1ccc(S(=O)(=O)N2CCCC2C(=O)O)cc1. The number of benzene rings is 1. The standard InChI is InChI=1S/C16H23NO4S/c1-3-12(4-2)13-7-9-14(10-8-13)22(20,21)17-11-5-6-15(17)16(18)19/h7-10,12,15H,3-6,11H2,1-2H3,(H,18,19). The highest BCUT2D eigenvalue weighted by Gasteiger charge is 2.39. The van der Waals surface area contributed by atoms with Crippen LogP contribution in [-0.2, 0) is 14.8 Å². The summed E-state index contributed by atoms with van der Waals surface area (Å²) in [6.07, 6.45) is 2.98. The van der Waals surface area contributed by atoms with Crippen LogP contribution < -0.4 is 0 Å². The quantitative estimate of drug-likeness (QED) is 0.872. The van der Waals surface area contributed by atoms with E-state index in [9.17, 15) is 13.2 Å². The monoisotopic (exact) mass is 325 g/mol. The van der Waals surface area contributed by atoms with Crippen molar-refractivity contribution in [2.75, 3.05) is 6.54 Å². The highest BCUT2D eigenvalue weighted by molar-refractivity contribution is 7.89. The molecule has 2 rings (SSSR count). The van der Waals surface area contributed by atoms with E-state index >= 15 is 0 Å². The molecule has 1 aromatic rings. The zero-order valence-electron chi connectivity index (χ0n) is 13.0. The minimum atomic E-state index is -3.74. The second-order valence-corrected chi connectivity index (χ2v) is 7.59. The third kappa shape index (κ3) is 3.17. The van der Waals surface area contributed by atoms with Gasteiger partial charge in [-0.2, -0.15) is 4.31 Å². The third-order valence-corrected chi connectivity index (χ3v) is 6.35. The maximum Gasteiger partial charge on any atom is 0.322 e. The van der Waals surface area contributed by atoms with Crippen molar-refractivity contribution in [3.63, 3.8) is 0 Å². The van der Waals surface area contributed by atoms with Crippen molar-refractivity contribution in [3.05, 3.63) is 29.8 Å². The van der Waals surface area contributed by atoms with Crippen LogP contribution in [0.1, 0.15) is 51.0 Å². The fraction of sp³-hybridized carbons (Fsp3) is 0.562. The predicted octanol–water partition coefficient (Wildman–Crippen LogP) is 2.83. The lowest BCUT2D eigenvalue weighted by Crippen LogP contribution is -2.40. The second-order valence-electron chi connectivity index (χ2n) is 5.69. The molecule has 6 heteroatoms. The lowest BCUT2D eigenvalue weighted by molar-refractivity contribution is -0.140. The zero-order chi connectivity index (χ0) is 16.3. The lowest BCUT2D eigenvalue weighted by atomic mass is 9.94. The Bertz CT molecular complexity index is 620. The van der Waals surface area contributed by atoms with Crippen LogP contribution in [0.4, 0.5) is 0 Å². The Hall–Kier alpha value is -1.40. The van der Waals surface area contributed by atoms with Crippen LogP contribution >= 0.6 is 0 Å². The van der Waals surface area contributed by atoms with Crippen molar-refractivity contribution < 1.29 is 18.3 Å². The average molecular weight is 325 g/mol. The van der Waals surface area contributed by atoms with Crippen LogP contribution in [0.25, 0.3) is 0 Å². The van der Waals surface area contributed by atoms with Crippen molar-refractivity contribution in [2.24, 2.45) is 0 Å². The maximum atomic E-state index is 12.6. The molecule has 0 aromatic heterocycles. The molecule has 1 unspecified atom stereocenters.